The average Bonchev–Trinajstić information content (AvgIpc) is 3.16. The number of quaternary nitrogens is 1. The third kappa shape index (κ3) is 6.05. The van der Waals surface area contributed by atoms with Crippen LogP contribution in [-0.2, 0) is 24.4 Å². The monoisotopic (exact) mass is 388 g/mol. The molecule has 0 saturated heterocycles. The van der Waals surface area contributed by atoms with E-state index < -0.39 is 0 Å². The maximum atomic E-state index is 9.20. The number of benzene rings is 2. The van der Waals surface area contributed by atoms with Crippen molar-refractivity contribution in [2.45, 2.75) is 33.0 Å². The van der Waals surface area contributed by atoms with E-state index in [0.717, 1.165) is 44.8 Å². The molecular formula is C25H30N3O+. The predicted octanol–water partition coefficient (Wildman–Crippen LogP) is 3.34. The number of nitriles is 1. The van der Waals surface area contributed by atoms with Crippen molar-refractivity contribution in [2.75, 3.05) is 20.3 Å². The van der Waals surface area contributed by atoms with Crippen LogP contribution in [0.1, 0.15) is 34.4 Å². The summed E-state index contributed by atoms with van der Waals surface area (Å²) in [6, 6.07) is 23.1. The maximum Gasteiger partial charge on any atom is 0.118 e. The molecule has 4 nitrogen and oxygen atoms in total. The molecule has 2 aromatic carbocycles. The lowest BCUT2D eigenvalue weighted by Gasteiger charge is -2.21. The Morgan fingerprint density at radius 2 is 1.90 bits per heavy atom. The molecule has 150 valence electrons. The molecule has 0 radical (unpaired) electrons. The smallest absolute Gasteiger partial charge is 0.118 e. The second kappa shape index (κ2) is 10.6. The summed E-state index contributed by atoms with van der Waals surface area (Å²) >= 11 is 0. The van der Waals surface area contributed by atoms with Crippen LogP contribution in [0.25, 0.3) is 0 Å². The second-order valence-electron chi connectivity index (χ2n) is 7.57. The largest absolute Gasteiger partial charge is 0.384 e. The van der Waals surface area contributed by atoms with Crippen molar-refractivity contribution < 1.29 is 9.64 Å². The molecule has 1 aromatic heterocycles. The summed E-state index contributed by atoms with van der Waals surface area (Å²) in [6.07, 6.45) is 3.19. The first-order valence-electron chi connectivity index (χ1n) is 10.2. The number of nitrogens with zero attached hydrogens (tertiary/aromatic N) is 2. The third-order valence-corrected chi connectivity index (χ3v) is 5.35. The van der Waals surface area contributed by atoms with Gasteiger partial charge in [-0.3, -0.25) is 0 Å². The number of hydrogen-bond acceptors (Lipinski definition) is 2. The summed E-state index contributed by atoms with van der Waals surface area (Å²) in [7, 11) is 1.75. The Balaban J connectivity index is 1.74. The molecule has 1 N–H and O–H groups in total. The molecular weight excluding hydrogens is 358 g/mol. The van der Waals surface area contributed by atoms with Crippen molar-refractivity contribution in [2.24, 2.45) is 0 Å². The Morgan fingerprint density at radius 1 is 1.03 bits per heavy atom. The first-order chi connectivity index (χ1) is 14.2. The van der Waals surface area contributed by atoms with Gasteiger partial charge in [-0.1, -0.05) is 36.4 Å². The number of rotatable bonds is 10. The zero-order chi connectivity index (χ0) is 20.5. The highest BCUT2D eigenvalue weighted by atomic mass is 16.5. The summed E-state index contributed by atoms with van der Waals surface area (Å²) in [5.74, 6) is 0. The third-order valence-electron chi connectivity index (χ3n) is 5.35. The SMILES string of the molecule is COCCC[NH+](Cc1cccc(C#N)c1)Cc1cccn1Cc1ccccc1C. The molecule has 1 heterocycles. The molecule has 1 unspecified atom stereocenters. The summed E-state index contributed by atoms with van der Waals surface area (Å²) in [5.41, 5.74) is 5.93. The fourth-order valence-electron chi connectivity index (χ4n) is 3.74. The van der Waals surface area contributed by atoms with Crippen molar-refractivity contribution >= 4 is 0 Å². The molecule has 0 aliphatic rings. The van der Waals surface area contributed by atoms with Crippen LogP contribution in [-0.4, -0.2) is 24.8 Å². The zero-order valence-electron chi connectivity index (χ0n) is 17.4. The molecule has 0 spiro atoms. The fourth-order valence-corrected chi connectivity index (χ4v) is 3.74. The average molecular weight is 389 g/mol. The molecule has 0 fully saturated rings. The molecule has 0 aliphatic heterocycles. The van der Waals surface area contributed by atoms with Crippen LogP contribution in [0.2, 0.25) is 0 Å². The fraction of sp³-hybridized carbons (Fsp3) is 0.320. The number of aryl methyl sites for hydroxylation is 1. The molecule has 0 aliphatic carbocycles. The quantitative estimate of drug-likeness (QED) is 0.541. The molecule has 3 aromatic rings. The van der Waals surface area contributed by atoms with Gasteiger partial charge in [0.15, 0.2) is 0 Å². The Bertz CT molecular complexity index is 954. The van der Waals surface area contributed by atoms with E-state index in [4.69, 9.17) is 4.74 Å². The minimum atomic E-state index is 0.724. The lowest BCUT2D eigenvalue weighted by atomic mass is 10.1. The van der Waals surface area contributed by atoms with E-state index >= 15 is 0 Å². The Kier molecular flexibility index (Phi) is 7.63. The van der Waals surface area contributed by atoms with E-state index in [1.54, 1.807) is 7.11 Å². The maximum absolute atomic E-state index is 9.20. The molecule has 0 bridgehead atoms. The van der Waals surface area contributed by atoms with Crippen molar-refractivity contribution in [3.05, 3.63) is 94.8 Å². The second-order valence-corrected chi connectivity index (χ2v) is 7.57. The van der Waals surface area contributed by atoms with Gasteiger partial charge in [0.2, 0.25) is 0 Å². The van der Waals surface area contributed by atoms with E-state index in [1.807, 2.05) is 18.2 Å². The number of methoxy groups -OCH3 is 1. The van der Waals surface area contributed by atoms with E-state index in [9.17, 15) is 5.26 Å². The lowest BCUT2D eigenvalue weighted by molar-refractivity contribution is -0.928. The summed E-state index contributed by atoms with van der Waals surface area (Å²) < 4.78 is 7.62. The van der Waals surface area contributed by atoms with Crippen LogP contribution < -0.4 is 4.90 Å². The highest BCUT2D eigenvalue weighted by molar-refractivity contribution is 5.32. The van der Waals surface area contributed by atoms with Gasteiger partial charge in [-0.05, 0) is 42.3 Å². The molecule has 0 saturated carbocycles. The van der Waals surface area contributed by atoms with Gasteiger partial charge in [0.05, 0.1) is 30.5 Å². The van der Waals surface area contributed by atoms with Crippen LogP contribution in [0.4, 0.5) is 0 Å². The number of nitrogens with one attached hydrogen (secondary N) is 1. The van der Waals surface area contributed by atoms with Gasteiger partial charge in [-0.15, -0.1) is 0 Å². The first kappa shape index (κ1) is 20.9. The van der Waals surface area contributed by atoms with Crippen molar-refractivity contribution in [1.29, 1.82) is 5.26 Å². The predicted molar refractivity (Wildman–Crippen MR) is 116 cm³/mol. The number of hydrogen-bond donors (Lipinski definition) is 1. The van der Waals surface area contributed by atoms with E-state index in [1.165, 1.54) is 27.3 Å². The van der Waals surface area contributed by atoms with E-state index in [-0.39, 0.29) is 0 Å². The zero-order valence-corrected chi connectivity index (χ0v) is 17.4. The van der Waals surface area contributed by atoms with Gasteiger partial charge in [-0.25, -0.2) is 0 Å². The summed E-state index contributed by atoms with van der Waals surface area (Å²) in [6.45, 7) is 6.70. The van der Waals surface area contributed by atoms with Crippen LogP contribution in [0.15, 0.2) is 66.9 Å². The minimum Gasteiger partial charge on any atom is -0.384 e. The van der Waals surface area contributed by atoms with E-state index in [0.29, 0.717) is 0 Å². The summed E-state index contributed by atoms with van der Waals surface area (Å²) in [5, 5.41) is 9.20. The van der Waals surface area contributed by atoms with Crippen LogP contribution in [0.5, 0.6) is 0 Å². The summed E-state index contributed by atoms with van der Waals surface area (Å²) in [4.78, 5) is 1.47. The highest BCUT2D eigenvalue weighted by Gasteiger charge is 2.14. The van der Waals surface area contributed by atoms with Gasteiger partial charge < -0.3 is 14.2 Å². The van der Waals surface area contributed by atoms with Crippen LogP contribution >= 0.6 is 0 Å². The van der Waals surface area contributed by atoms with Gasteiger partial charge in [0.1, 0.15) is 13.1 Å². The number of aromatic nitrogens is 1. The Morgan fingerprint density at radius 3 is 2.69 bits per heavy atom. The molecule has 1 atom stereocenters. The molecule has 29 heavy (non-hydrogen) atoms. The van der Waals surface area contributed by atoms with Gasteiger partial charge in [0.25, 0.3) is 0 Å². The van der Waals surface area contributed by atoms with Crippen molar-refractivity contribution in [1.82, 2.24) is 4.57 Å². The standard InChI is InChI=1S/C25H29N3O/c1-21-8-3-4-11-24(21)19-28-14-6-12-25(28)20-27(13-7-15-29-2)18-23-10-5-9-22(16-23)17-26/h3-6,8-12,14,16H,7,13,15,18-20H2,1-2H3/p+1. The van der Waals surface area contributed by atoms with Crippen LogP contribution in [0.3, 0.4) is 0 Å². The number of ether oxygens (including phenoxy) is 1. The Labute approximate surface area is 174 Å². The van der Waals surface area contributed by atoms with Gasteiger partial charge in [0, 0.05) is 31.8 Å². The molecule has 4 heteroatoms. The minimum absolute atomic E-state index is 0.724. The lowest BCUT2D eigenvalue weighted by Crippen LogP contribution is -3.09. The van der Waals surface area contributed by atoms with Crippen LogP contribution in [0, 0.1) is 18.3 Å². The normalized spacial score (nSPS) is 11.9. The van der Waals surface area contributed by atoms with Gasteiger partial charge >= 0.3 is 0 Å². The van der Waals surface area contributed by atoms with E-state index in [2.05, 4.69) is 66.2 Å². The molecule has 0 amide bonds. The molecule has 3 rings (SSSR count). The van der Waals surface area contributed by atoms with Gasteiger partial charge in [-0.2, -0.15) is 5.26 Å². The highest BCUT2D eigenvalue weighted by Crippen LogP contribution is 2.12. The first-order valence-corrected chi connectivity index (χ1v) is 10.2. The van der Waals surface area contributed by atoms with Crippen molar-refractivity contribution in [3.63, 3.8) is 0 Å². The topological polar surface area (TPSA) is 42.4 Å². The van der Waals surface area contributed by atoms with Crippen molar-refractivity contribution in [3.8, 4) is 6.07 Å². The Hall–Kier alpha value is -2.87.